The minimum Gasteiger partial charge on any atom is -0.423 e. The molecule has 2 aromatic carbocycles. The van der Waals surface area contributed by atoms with Gasteiger partial charge in [-0.25, -0.2) is 0 Å². The van der Waals surface area contributed by atoms with Gasteiger partial charge in [0, 0.05) is 4.47 Å². The lowest BCUT2D eigenvalue weighted by atomic mass is 9.80. The molecule has 0 bridgehead atoms. The molecule has 2 rings (SSSR count). The summed E-state index contributed by atoms with van der Waals surface area (Å²) in [5.74, 6) is 0. The molecule has 0 aliphatic heterocycles. The van der Waals surface area contributed by atoms with Crippen LogP contribution in [0, 0.1) is 0 Å². The van der Waals surface area contributed by atoms with E-state index in [-0.39, 0.29) is 0 Å². The maximum atomic E-state index is 8.97. The molecule has 0 radical (unpaired) electrons. The summed E-state index contributed by atoms with van der Waals surface area (Å²) in [5, 5.41) is 17.9. The molecule has 178 valence electrons. The van der Waals surface area contributed by atoms with Gasteiger partial charge >= 0.3 is 7.12 Å². The second-order valence-corrected chi connectivity index (χ2v) is 9.69. The number of rotatable bonds is 15. The van der Waals surface area contributed by atoms with E-state index in [1.54, 1.807) is 12.1 Å². The van der Waals surface area contributed by atoms with E-state index < -0.39 is 7.12 Å². The van der Waals surface area contributed by atoms with Crippen molar-refractivity contribution in [1.29, 1.82) is 0 Å². The average Bonchev–Trinajstić information content (AvgIpc) is 2.80. The Morgan fingerprint density at radius 1 is 0.562 bits per heavy atom. The molecule has 0 atom stereocenters. The summed E-state index contributed by atoms with van der Waals surface area (Å²) < 4.78 is 1.18. The van der Waals surface area contributed by atoms with Crippen molar-refractivity contribution < 1.29 is 10.0 Å². The molecule has 2 nitrogen and oxygen atoms in total. The Hall–Kier alpha value is -1.10. The van der Waals surface area contributed by atoms with Crippen molar-refractivity contribution in [3.8, 4) is 0 Å². The van der Waals surface area contributed by atoms with Crippen LogP contribution in [0.4, 0.5) is 0 Å². The number of benzene rings is 2. The first-order valence-electron chi connectivity index (χ1n) is 12.8. The highest BCUT2D eigenvalue weighted by molar-refractivity contribution is 9.10. The third-order valence-electron chi connectivity index (χ3n) is 5.83. The van der Waals surface area contributed by atoms with Crippen LogP contribution >= 0.6 is 15.9 Å². The fourth-order valence-corrected chi connectivity index (χ4v) is 3.99. The molecule has 0 saturated carbocycles. The highest BCUT2D eigenvalue weighted by Crippen LogP contribution is 2.14. The first-order chi connectivity index (χ1) is 15.6. The number of hydrogen-bond donors (Lipinski definition) is 2. The van der Waals surface area contributed by atoms with Crippen LogP contribution < -0.4 is 5.46 Å². The van der Waals surface area contributed by atoms with Gasteiger partial charge in [0.05, 0.1) is 0 Å². The van der Waals surface area contributed by atoms with Crippen molar-refractivity contribution >= 4 is 28.5 Å². The van der Waals surface area contributed by atoms with Crippen LogP contribution in [0.25, 0.3) is 0 Å². The molecule has 0 spiro atoms. The standard InChI is InChI=1S/C14H23BO2.C14H21Br/c1-2-3-4-5-6-7-8-13-9-11-14(12-10-13)15(16)17;1-2-3-4-5-6-7-8-13-9-11-14(15)12-10-13/h9-12,16-17H,2-8H2,1H3;9-12H,2-8H2,1H3. The van der Waals surface area contributed by atoms with E-state index in [1.165, 1.54) is 99.1 Å². The molecule has 4 heteroatoms. The molecule has 0 aliphatic carbocycles. The highest BCUT2D eigenvalue weighted by Gasteiger charge is 2.09. The fraction of sp³-hybridized carbons (Fsp3) is 0.571. The van der Waals surface area contributed by atoms with Gasteiger partial charge in [0.15, 0.2) is 0 Å². The summed E-state index contributed by atoms with van der Waals surface area (Å²) in [7, 11) is -1.35. The smallest absolute Gasteiger partial charge is 0.423 e. The minimum absolute atomic E-state index is 0.566. The zero-order valence-corrected chi connectivity index (χ0v) is 22.0. The zero-order chi connectivity index (χ0) is 23.4. The van der Waals surface area contributed by atoms with E-state index in [1.807, 2.05) is 12.1 Å². The maximum Gasteiger partial charge on any atom is 0.488 e. The Morgan fingerprint density at radius 2 is 0.938 bits per heavy atom. The maximum absolute atomic E-state index is 8.97. The molecule has 2 N–H and O–H groups in total. The second kappa shape index (κ2) is 19.4. The first kappa shape index (κ1) is 28.9. The molecule has 0 amide bonds. The van der Waals surface area contributed by atoms with Crippen molar-refractivity contribution in [3.05, 3.63) is 64.1 Å². The molecule has 32 heavy (non-hydrogen) atoms. The lowest BCUT2D eigenvalue weighted by Gasteiger charge is -2.04. The molecule has 2 aromatic rings. The lowest BCUT2D eigenvalue weighted by Crippen LogP contribution is -2.29. The van der Waals surface area contributed by atoms with Crippen molar-refractivity contribution in [2.45, 2.75) is 104 Å². The van der Waals surface area contributed by atoms with Gasteiger partial charge in [0.2, 0.25) is 0 Å². The number of unbranched alkanes of at least 4 members (excludes halogenated alkanes) is 10. The van der Waals surface area contributed by atoms with Crippen molar-refractivity contribution in [1.82, 2.24) is 0 Å². The molecule has 0 aliphatic rings. The minimum atomic E-state index is -1.35. The van der Waals surface area contributed by atoms with Gasteiger partial charge < -0.3 is 10.0 Å². The predicted octanol–water partition coefficient (Wildman–Crippen LogP) is 7.62. The molecule has 0 unspecified atom stereocenters. The monoisotopic (exact) mass is 502 g/mol. The Bertz CT molecular complexity index is 671. The summed E-state index contributed by atoms with van der Waals surface area (Å²) in [6.07, 6.45) is 18.5. The van der Waals surface area contributed by atoms with E-state index in [0.717, 1.165) is 6.42 Å². The van der Waals surface area contributed by atoms with E-state index in [9.17, 15) is 0 Å². The Morgan fingerprint density at radius 3 is 1.34 bits per heavy atom. The molecular formula is C28H44BBrO2. The quantitative estimate of drug-likeness (QED) is 0.194. The van der Waals surface area contributed by atoms with Crippen LogP contribution in [-0.4, -0.2) is 17.2 Å². The fourth-order valence-electron chi connectivity index (χ4n) is 3.73. The van der Waals surface area contributed by atoms with Crippen LogP contribution in [0.2, 0.25) is 0 Å². The molecule has 0 aromatic heterocycles. The van der Waals surface area contributed by atoms with E-state index >= 15 is 0 Å². The SMILES string of the molecule is CCCCCCCCc1ccc(B(O)O)cc1.CCCCCCCCc1ccc(Br)cc1. The van der Waals surface area contributed by atoms with E-state index in [0.29, 0.717) is 5.46 Å². The zero-order valence-electron chi connectivity index (χ0n) is 20.4. The van der Waals surface area contributed by atoms with Gasteiger partial charge in [0.1, 0.15) is 0 Å². The Labute approximate surface area is 206 Å². The van der Waals surface area contributed by atoms with Gasteiger partial charge in [0.25, 0.3) is 0 Å². The van der Waals surface area contributed by atoms with Crippen LogP contribution in [-0.2, 0) is 12.8 Å². The molecule has 0 heterocycles. The number of hydrogen-bond acceptors (Lipinski definition) is 2. The van der Waals surface area contributed by atoms with Gasteiger partial charge in [-0.1, -0.05) is 130 Å². The van der Waals surface area contributed by atoms with Crippen molar-refractivity contribution in [2.24, 2.45) is 0 Å². The van der Waals surface area contributed by atoms with E-state index in [2.05, 4.69) is 54.0 Å². The van der Waals surface area contributed by atoms with Crippen LogP contribution in [0.15, 0.2) is 53.0 Å². The van der Waals surface area contributed by atoms with Crippen molar-refractivity contribution in [2.75, 3.05) is 0 Å². The van der Waals surface area contributed by atoms with Gasteiger partial charge in [-0.05, 0) is 54.4 Å². The molecular weight excluding hydrogens is 459 g/mol. The van der Waals surface area contributed by atoms with Crippen molar-refractivity contribution in [3.63, 3.8) is 0 Å². The molecule has 0 saturated heterocycles. The van der Waals surface area contributed by atoms with Gasteiger partial charge in [-0.2, -0.15) is 0 Å². The third kappa shape index (κ3) is 14.9. The Balaban J connectivity index is 0.000000323. The lowest BCUT2D eigenvalue weighted by molar-refractivity contribution is 0.426. The van der Waals surface area contributed by atoms with Crippen LogP contribution in [0.5, 0.6) is 0 Å². The van der Waals surface area contributed by atoms with Crippen LogP contribution in [0.3, 0.4) is 0 Å². The number of aryl methyl sites for hydroxylation is 2. The summed E-state index contributed by atoms with van der Waals surface area (Å²) in [6.45, 7) is 4.50. The summed E-state index contributed by atoms with van der Waals surface area (Å²) in [5.41, 5.74) is 3.32. The van der Waals surface area contributed by atoms with Gasteiger partial charge in [-0.3, -0.25) is 0 Å². The predicted molar refractivity (Wildman–Crippen MR) is 145 cm³/mol. The largest absolute Gasteiger partial charge is 0.488 e. The topological polar surface area (TPSA) is 40.5 Å². The highest BCUT2D eigenvalue weighted by atomic mass is 79.9. The Kier molecular flexibility index (Phi) is 17.5. The average molecular weight is 503 g/mol. The summed E-state index contributed by atoms with van der Waals surface area (Å²) in [4.78, 5) is 0. The first-order valence-corrected chi connectivity index (χ1v) is 13.6. The third-order valence-corrected chi connectivity index (χ3v) is 6.36. The number of halogens is 1. The summed E-state index contributed by atoms with van der Waals surface area (Å²) >= 11 is 3.46. The normalized spacial score (nSPS) is 10.5. The van der Waals surface area contributed by atoms with E-state index in [4.69, 9.17) is 10.0 Å². The van der Waals surface area contributed by atoms with Crippen LogP contribution in [0.1, 0.15) is 102 Å². The molecule has 0 fully saturated rings. The van der Waals surface area contributed by atoms with Gasteiger partial charge in [-0.15, -0.1) is 0 Å². The second-order valence-electron chi connectivity index (χ2n) is 8.78. The summed E-state index contributed by atoms with van der Waals surface area (Å²) in [6, 6.07) is 16.3.